The van der Waals surface area contributed by atoms with Crippen LogP contribution in [0, 0.1) is 0 Å². The monoisotopic (exact) mass is 229 g/mol. The largest absolute Gasteiger partial charge is 0.460 e. The van der Waals surface area contributed by atoms with E-state index < -0.39 is 5.97 Å². The van der Waals surface area contributed by atoms with Gasteiger partial charge in [0.2, 0.25) is 5.76 Å². The van der Waals surface area contributed by atoms with Crippen LogP contribution in [0.4, 0.5) is 4.39 Å². The minimum Gasteiger partial charge on any atom is -0.460 e. The third-order valence-corrected chi connectivity index (χ3v) is 1.92. The Hall–Kier alpha value is -1.36. The summed E-state index contributed by atoms with van der Waals surface area (Å²) < 4.78 is 21.8. The highest BCUT2D eigenvalue weighted by atomic mass is 19.1. The molecule has 1 aromatic heterocycles. The van der Waals surface area contributed by atoms with Crippen molar-refractivity contribution in [3.05, 3.63) is 23.7 Å². The Morgan fingerprint density at radius 3 is 3.06 bits per heavy atom. The van der Waals surface area contributed by atoms with E-state index in [1.165, 1.54) is 0 Å². The maximum absolute atomic E-state index is 11.8. The maximum atomic E-state index is 11.8. The molecule has 0 aliphatic carbocycles. The summed E-state index contributed by atoms with van der Waals surface area (Å²) in [5.41, 5.74) is 0. The third kappa shape index (κ3) is 4.02. The molecule has 0 bridgehead atoms. The van der Waals surface area contributed by atoms with Gasteiger partial charge in [-0.05, 0) is 32.0 Å². The normalized spacial score (nSPS) is 10.4. The summed E-state index contributed by atoms with van der Waals surface area (Å²) in [5.74, 6) is 0.378. The minimum absolute atomic E-state index is 0.198. The summed E-state index contributed by atoms with van der Waals surface area (Å²) in [7, 11) is 0. The van der Waals surface area contributed by atoms with Crippen molar-refractivity contribution in [1.29, 1.82) is 0 Å². The number of hydrogen-bond donors (Lipinski definition) is 1. The van der Waals surface area contributed by atoms with Crippen LogP contribution < -0.4 is 5.32 Å². The second-order valence-electron chi connectivity index (χ2n) is 3.21. The van der Waals surface area contributed by atoms with E-state index >= 15 is 0 Å². The van der Waals surface area contributed by atoms with Crippen LogP contribution in [-0.2, 0) is 11.3 Å². The Morgan fingerprint density at radius 1 is 1.56 bits per heavy atom. The molecular weight excluding hydrogens is 213 g/mol. The predicted molar refractivity (Wildman–Crippen MR) is 57.0 cm³/mol. The first-order valence-electron chi connectivity index (χ1n) is 5.30. The average Bonchev–Trinajstić information content (AvgIpc) is 2.73. The zero-order chi connectivity index (χ0) is 11.8. The molecule has 0 spiro atoms. The standard InChI is InChI=1S/C11H16FNO3/c1-2-15-11(14)10-5-4-9(16-10)8-13-7-3-6-12/h4-5,13H,2-3,6-8H2,1H3. The molecule has 0 amide bonds. The highest BCUT2D eigenvalue weighted by Crippen LogP contribution is 2.08. The molecule has 5 heteroatoms. The summed E-state index contributed by atoms with van der Waals surface area (Å²) in [5, 5.41) is 3.00. The third-order valence-electron chi connectivity index (χ3n) is 1.92. The molecular formula is C11H16FNO3. The Bertz CT molecular complexity index is 325. The lowest BCUT2D eigenvalue weighted by Gasteiger charge is -2.00. The fraction of sp³-hybridized carbons (Fsp3) is 0.545. The van der Waals surface area contributed by atoms with Crippen molar-refractivity contribution in [2.24, 2.45) is 0 Å². The van der Waals surface area contributed by atoms with E-state index in [1.807, 2.05) is 0 Å². The van der Waals surface area contributed by atoms with Gasteiger partial charge in [-0.15, -0.1) is 0 Å². The highest BCUT2D eigenvalue weighted by molar-refractivity contribution is 5.86. The smallest absolute Gasteiger partial charge is 0.374 e. The Labute approximate surface area is 93.8 Å². The predicted octanol–water partition coefficient (Wildman–Crippen LogP) is 1.91. The summed E-state index contributed by atoms with van der Waals surface area (Å²) in [6, 6.07) is 3.28. The van der Waals surface area contributed by atoms with Crippen LogP contribution in [0.15, 0.2) is 16.5 Å². The van der Waals surface area contributed by atoms with Crippen LogP contribution in [0.3, 0.4) is 0 Å². The maximum Gasteiger partial charge on any atom is 0.374 e. The molecule has 4 nitrogen and oxygen atoms in total. The van der Waals surface area contributed by atoms with Gasteiger partial charge < -0.3 is 14.5 Å². The molecule has 0 unspecified atom stereocenters. The van der Waals surface area contributed by atoms with Crippen LogP contribution >= 0.6 is 0 Å². The van der Waals surface area contributed by atoms with Crippen molar-refractivity contribution in [3.8, 4) is 0 Å². The van der Waals surface area contributed by atoms with E-state index in [9.17, 15) is 9.18 Å². The second-order valence-corrected chi connectivity index (χ2v) is 3.21. The number of furan rings is 1. The first-order chi connectivity index (χ1) is 7.77. The van der Waals surface area contributed by atoms with Crippen molar-refractivity contribution in [3.63, 3.8) is 0 Å². The Kier molecular flexibility index (Phi) is 5.56. The van der Waals surface area contributed by atoms with Gasteiger partial charge >= 0.3 is 5.97 Å². The van der Waals surface area contributed by atoms with Gasteiger partial charge in [0.1, 0.15) is 5.76 Å². The van der Waals surface area contributed by atoms with E-state index in [4.69, 9.17) is 9.15 Å². The Morgan fingerprint density at radius 2 is 2.38 bits per heavy atom. The first-order valence-corrected chi connectivity index (χ1v) is 5.30. The van der Waals surface area contributed by atoms with Gasteiger partial charge in [0.15, 0.2) is 0 Å². The number of ether oxygens (including phenoxy) is 1. The van der Waals surface area contributed by atoms with E-state index in [0.717, 1.165) is 0 Å². The zero-order valence-corrected chi connectivity index (χ0v) is 9.29. The number of nitrogens with one attached hydrogen (secondary N) is 1. The van der Waals surface area contributed by atoms with Gasteiger partial charge in [0.25, 0.3) is 0 Å². The minimum atomic E-state index is -0.461. The fourth-order valence-corrected chi connectivity index (χ4v) is 1.19. The molecule has 90 valence electrons. The topological polar surface area (TPSA) is 51.5 Å². The van der Waals surface area contributed by atoms with Gasteiger partial charge in [0.05, 0.1) is 19.8 Å². The highest BCUT2D eigenvalue weighted by Gasteiger charge is 2.11. The lowest BCUT2D eigenvalue weighted by Crippen LogP contribution is -2.14. The molecule has 1 heterocycles. The van der Waals surface area contributed by atoms with E-state index in [0.29, 0.717) is 31.9 Å². The van der Waals surface area contributed by atoms with Gasteiger partial charge in [-0.2, -0.15) is 0 Å². The number of carbonyl (C=O) groups excluding carboxylic acids is 1. The molecule has 0 aliphatic heterocycles. The number of halogens is 1. The molecule has 0 radical (unpaired) electrons. The second kappa shape index (κ2) is 7.00. The Balaban J connectivity index is 2.36. The number of carbonyl (C=O) groups is 1. The lowest BCUT2D eigenvalue weighted by molar-refractivity contribution is 0.0488. The SMILES string of the molecule is CCOC(=O)c1ccc(CNCCCF)o1. The molecule has 1 rings (SSSR count). The number of rotatable bonds is 7. The molecule has 0 saturated heterocycles. The number of alkyl halides is 1. The van der Waals surface area contributed by atoms with Gasteiger partial charge in [-0.3, -0.25) is 4.39 Å². The number of hydrogen-bond acceptors (Lipinski definition) is 4. The molecule has 0 saturated carbocycles. The van der Waals surface area contributed by atoms with Crippen LogP contribution in [-0.4, -0.2) is 25.8 Å². The summed E-state index contributed by atoms with van der Waals surface area (Å²) in [6.07, 6.45) is 0.478. The number of esters is 1. The van der Waals surface area contributed by atoms with Crippen molar-refractivity contribution in [2.75, 3.05) is 19.8 Å². The van der Waals surface area contributed by atoms with Crippen LogP contribution in [0.1, 0.15) is 29.7 Å². The van der Waals surface area contributed by atoms with Crippen molar-refractivity contribution >= 4 is 5.97 Å². The lowest BCUT2D eigenvalue weighted by atomic mass is 10.4. The van der Waals surface area contributed by atoms with Gasteiger partial charge in [0, 0.05) is 0 Å². The molecule has 0 aliphatic rings. The molecule has 1 aromatic rings. The van der Waals surface area contributed by atoms with Crippen molar-refractivity contribution in [1.82, 2.24) is 5.32 Å². The molecule has 0 fully saturated rings. The summed E-state index contributed by atoms with van der Waals surface area (Å²) >= 11 is 0. The zero-order valence-electron chi connectivity index (χ0n) is 9.29. The molecule has 1 N–H and O–H groups in total. The van der Waals surface area contributed by atoms with Crippen LogP contribution in [0.25, 0.3) is 0 Å². The summed E-state index contributed by atoms with van der Waals surface area (Å²) in [6.45, 7) is 2.80. The van der Waals surface area contributed by atoms with Crippen molar-refractivity contribution in [2.45, 2.75) is 19.9 Å². The van der Waals surface area contributed by atoms with Gasteiger partial charge in [-0.1, -0.05) is 0 Å². The first kappa shape index (κ1) is 12.7. The van der Waals surface area contributed by atoms with Crippen LogP contribution in [0.5, 0.6) is 0 Å². The fourth-order valence-electron chi connectivity index (χ4n) is 1.19. The van der Waals surface area contributed by atoms with Crippen molar-refractivity contribution < 1.29 is 18.3 Å². The van der Waals surface area contributed by atoms with E-state index in [-0.39, 0.29) is 12.4 Å². The van der Waals surface area contributed by atoms with Gasteiger partial charge in [-0.25, -0.2) is 4.79 Å². The molecule has 16 heavy (non-hydrogen) atoms. The summed E-state index contributed by atoms with van der Waals surface area (Å²) in [4.78, 5) is 11.2. The molecule has 0 atom stereocenters. The average molecular weight is 229 g/mol. The van der Waals surface area contributed by atoms with E-state index in [1.54, 1.807) is 19.1 Å². The quantitative estimate of drug-likeness (QED) is 0.573. The van der Waals surface area contributed by atoms with E-state index in [2.05, 4.69) is 5.32 Å². The van der Waals surface area contributed by atoms with Crippen LogP contribution in [0.2, 0.25) is 0 Å². The molecule has 0 aromatic carbocycles.